The van der Waals surface area contributed by atoms with Crippen molar-refractivity contribution in [3.05, 3.63) is 0 Å². The maximum atomic E-state index is 5.54. The Hall–Kier alpha value is -0.850. The molecule has 0 aromatic carbocycles. The van der Waals surface area contributed by atoms with Crippen LogP contribution < -0.4 is 10.6 Å². The monoisotopic (exact) mass is 300 g/mol. The standard InChI is InChI=1S/C15H32N4O2/c1-15(2,3)13(20-5)12-18-14(16-4)17-6-7-19-8-10-21-11-9-19/h13H,6-12H2,1-5H3,(H2,16,17,18)/t13-/m1/s1. The first kappa shape index (κ1) is 18.2. The molecule has 0 aromatic heterocycles. The molecule has 0 aliphatic carbocycles. The lowest BCUT2D eigenvalue weighted by atomic mass is 9.89. The van der Waals surface area contributed by atoms with Gasteiger partial charge in [0, 0.05) is 46.9 Å². The Morgan fingerprint density at radius 3 is 2.48 bits per heavy atom. The zero-order valence-electron chi connectivity index (χ0n) is 14.2. The number of ether oxygens (including phenoxy) is 2. The van der Waals surface area contributed by atoms with E-state index in [1.54, 1.807) is 14.2 Å². The van der Waals surface area contributed by atoms with Crippen molar-refractivity contribution in [3.8, 4) is 0 Å². The number of guanidine groups is 1. The van der Waals surface area contributed by atoms with E-state index in [0.717, 1.165) is 51.9 Å². The highest BCUT2D eigenvalue weighted by molar-refractivity contribution is 5.79. The molecule has 21 heavy (non-hydrogen) atoms. The second kappa shape index (κ2) is 9.23. The van der Waals surface area contributed by atoms with Crippen molar-refractivity contribution in [1.29, 1.82) is 0 Å². The predicted molar refractivity (Wildman–Crippen MR) is 86.9 cm³/mol. The van der Waals surface area contributed by atoms with Crippen LogP contribution in [0.25, 0.3) is 0 Å². The Labute approximate surface area is 129 Å². The summed E-state index contributed by atoms with van der Waals surface area (Å²) in [5.41, 5.74) is 0.106. The summed E-state index contributed by atoms with van der Waals surface area (Å²) < 4.78 is 10.9. The molecule has 6 heteroatoms. The van der Waals surface area contributed by atoms with Gasteiger partial charge in [-0.25, -0.2) is 0 Å². The summed E-state index contributed by atoms with van der Waals surface area (Å²) >= 11 is 0. The van der Waals surface area contributed by atoms with Crippen LogP contribution >= 0.6 is 0 Å². The second-order valence-corrected chi connectivity index (χ2v) is 6.42. The van der Waals surface area contributed by atoms with Gasteiger partial charge in [0.05, 0.1) is 19.3 Å². The van der Waals surface area contributed by atoms with Crippen molar-refractivity contribution >= 4 is 5.96 Å². The third-order valence-electron chi connectivity index (χ3n) is 3.75. The quantitative estimate of drug-likeness (QED) is 0.554. The third-order valence-corrected chi connectivity index (χ3v) is 3.75. The number of nitrogens with zero attached hydrogens (tertiary/aromatic N) is 2. The molecule has 1 rings (SSSR count). The van der Waals surface area contributed by atoms with E-state index >= 15 is 0 Å². The van der Waals surface area contributed by atoms with Gasteiger partial charge in [0.25, 0.3) is 0 Å². The molecular weight excluding hydrogens is 268 g/mol. The maximum absolute atomic E-state index is 5.54. The van der Waals surface area contributed by atoms with Crippen molar-refractivity contribution in [2.24, 2.45) is 10.4 Å². The van der Waals surface area contributed by atoms with Crippen molar-refractivity contribution in [3.63, 3.8) is 0 Å². The minimum Gasteiger partial charge on any atom is -0.379 e. The zero-order valence-corrected chi connectivity index (χ0v) is 14.2. The fourth-order valence-electron chi connectivity index (χ4n) is 2.31. The number of hydrogen-bond acceptors (Lipinski definition) is 4. The first-order valence-corrected chi connectivity index (χ1v) is 7.74. The molecule has 0 bridgehead atoms. The Morgan fingerprint density at radius 2 is 1.95 bits per heavy atom. The van der Waals surface area contributed by atoms with E-state index in [4.69, 9.17) is 9.47 Å². The van der Waals surface area contributed by atoms with Crippen LogP contribution in [0.2, 0.25) is 0 Å². The van der Waals surface area contributed by atoms with E-state index in [1.165, 1.54) is 0 Å². The average Bonchev–Trinajstić information content (AvgIpc) is 2.45. The Balaban J connectivity index is 2.25. The van der Waals surface area contributed by atoms with Crippen LogP contribution in [0.4, 0.5) is 0 Å². The molecule has 1 aliphatic rings. The number of rotatable bonds is 6. The first-order chi connectivity index (χ1) is 9.97. The molecule has 1 heterocycles. The molecule has 0 unspecified atom stereocenters. The summed E-state index contributed by atoms with van der Waals surface area (Å²) in [6.45, 7) is 12.9. The first-order valence-electron chi connectivity index (χ1n) is 7.74. The van der Waals surface area contributed by atoms with Gasteiger partial charge < -0.3 is 20.1 Å². The normalized spacial score (nSPS) is 19.4. The highest BCUT2D eigenvalue weighted by Crippen LogP contribution is 2.20. The molecule has 2 N–H and O–H groups in total. The van der Waals surface area contributed by atoms with Crippen LogP contribution in [0.3, 0.4) is 0 Å². The Morgan fingerprint density at radius 1 is 1.29 bits per heavy atom. The maximum Gasteiger partial charge on any atom is 0.191 e. The number of nitrogens with one attached hydrogen (secondary N) is 2. The molecule has 6 nitrogen and oxygen atoms in total. The van der Waals surface area contributed by atoms with E-state index in [1.807, 2.05) is 0 Å². The molecular formula is C15H32N4O2. The third kappa shape index (κ3) is 7.11. The highest BCUT2D eigenvalue weighted by atomic mass is 16.5. The molecule has 1 atom stereocenters. The molecule has 1 saturated heterocycles. The zero-order chi connectivity index (χ0) is 15.7. The lowest BCUT2D eigenvalue weighted by Crippen LogP contribution is -2.47. The lowest BCUT2D eigenvalue weighted by molar-refractivity contribution is 0.0205. The molecule has 0 radical (unpaired) electrons. The molecule has 0 spiro atoms. The fourth-order valence-corrected chi connectivity index (χ4v) is 2.31. The van der Waals surface area contributed by atoms with Gasteiger partial charge in [-0.2, -0.15) is 0 Å². The molecule has 1 aliphatic heterocycles. The lowest BCUT2D eigenvalue weighted by Gasteiger charge is -2.30. The van der Waals surface area contributed by atoms with Crippen molar-refractivity contribution < 1.29 is 9.47 Å². The Bertz CT molecular complexity index is 309. The topological polar surface area (TPSA) is 58.1 Å². The SMILES string of the molecule is CN=C(NCCN1CCOCC1)NC[C@@H](OC)C(C)(C)C. The van der Waals surface area contributed by atoms with Gasteiger partial charge in [-0.1, -0.05) is 20.8 Å². The molecule has 0 saturated carbocycles. The number of aliphatic imine (C=N–C) groups is 1. The van der Waals surface area contributed by atoms with E-state index in [2.05, 4.69) is 41.3 Å². The van der Waals surface area contributed by atoms with Crippen LogP contribution in [-0.4, -0.2) is 77.1 Å². The van der Waals surface area contributed by atoms with Gasteiger partial charge in [-0.3, -0.25) is 9.89 Å². The van der Waals surface area contributed by atoms with Crippen LogP contribution in [-0.2, 0) is 9.47 Å². The smallest absolute Gasteiger partial charge is 0.191 e. The fraction of sp³-hybridized carbons (Fsp3) is 0.933. The number of methoxy groups -OCH3 is 1. The molecule has 1 fully saturated rings. The average molecular weight is 300 g/mol. The van der Waals surface area contributed by atoms with Crippen LogP contribution in [0.5, 0.6) is 0 Å². The minimum atomic E-state index is 0.106. The molecule has 0 aromatic rings. The summed E-state index contributed by atoms with van der Waals surface area (Å²) in [7, 11) is 3.55. The van der Waals surface area contributed by atoms with Gasteiger partial charge in [-0.05, 0) is 5.41 Å². The van der Waals surface area contributed by atoms with Gasteiger partial charge >= 0.3 is 0 Å². The summed E-state index contributed by atoms with van der Waals surface area (Å²) in [5.74, 6) is 0.828. The van der Waals surface area contributed by atoms with Crippen molar-refractivity contribution in [2.45, 2.75) is 26.9 Å². The molecule has 124 valence electrons. The van der Waals surface area contributed by atoms with E-state index in [-0.39, 0.29) is 11.5 Å². The summed E-state index contributed by atoms with van der Waals surface area (Å²) in [5, 5.41) is 6.68. The molecule has 0 amide bonds. The van der Waals surface area contributed by atoms with Crippen LogP contribution in [0.1, 0.15) is 20.8 Å². The van der Waals surface area contributed by atoms with Gasteiger partial charge in [0.2, 0.25) is 0 Å². The van der Waals surface area contributed by atoms with Gasteiger partial charge in [-0.15, -0.1) is 0 Å². The summed E-state index contributed by atoms with van der Waals surface area (Å²) in [4.78, 5) is 6.65. The summed E-state index contributed by atoms with van der Waals surface area (Å²) in [6, 6.07) is 0. The van der Waals surface area contributed by atoms with Crippen LogP contribution in [0, 0.1) is 5.41 Å². The van der Waals surface area contributed by atoms with Gasteiger partial charge in [0.1, 0.15) is 0 Å². The van der Waals surface area contributed by atoms with Crippen molar-refractivity contribution in [2.75, 3.05) is 60.1 Å². The van der Waals surface area contributed by atoms with Crippen molar-refractivity contribution in [1.82, 2.24) is 15.5 Å². The predicted octanol–water partition coefficient (Wildman–Crippen LogP) is 0.545. The largest absolute Gasteiger partial charge is 0.379 e. The number of hydrogen-bond donors (Lipinski definition) is 2. The van der Waals surface area contributed by atoms with E-state index in [9.17, 15) is 0 Å². The minimum absolute atomic E-state index is 0.106. The van der Waals surface area contributed by atoms with Crippen LogP contribution in [0.15, 0.2) is 4.99 Å². The van der Waals surface area contributed by atoms with E-state index < -0.39 is 0 Å². The van der Waals surface area contributed by atoms with E-state index in [0.29, 0.717) is 0 Å². The summed E-state index contributed by atoms with van der Waals surface area (Å²) in [6.07, 6.45) is 0.148. The van der Waals surface area contributed by atoms with Gasteiger partial charge in [0.15, 0.2) is 5.96 Å². The number of morpholine rings is 1. The second-order valence-electron chi connectivity index (χ2n) is 6.42. The highest BCUT2D eigenvalue weighted by Gasteiger charge is 2.24. The Kier molecular flexibility index (Phi) is 8.00.